The summed E-state index contributed by atoms with van der Waals surface area (Å²) in [6, 6.07) is 9.52. The van der Waals surface area contributed by atoms with E-state index in [1.165, 1.54) is 12.8 Å². The van der Waals surface area contributed by atoms with Gasteiger partial charge in [0.2, 0.25) is 5.91 Å². The Labute approximate surface area is 115 Å². The number of nitrogens with two attached hydrogens (primary N) is 1. The van der Waals surface area contributed by atoms with Gasteiger partial charge in [0, 0.05) is 12.6 Å². The lowest BCUT2D eigenvalue weighted by atomic mass is 10.0. The lowest BCUT2D eigenvalue weighted by molar-refractivity contribution is -0.135. The van der Waals surface area contributed by atoms with Gasteiger partial charge in [0.1, 0.15) is 6.04 Å². The maximum Gasteiger partial charge on any atom is 0.244 e. The van der Waals surface area contributed by atoms with Gasteiger partial charge < -0.3 is 10.6 Å². The normalized spacial score (nSPS) is 21.8. The van der Waals surface area contributed by atoms with Gasteiger partial charge in [-0.2, -0.15) is 0 Å². The van der Waals surface area contributed by atoms with Crippen molar-refractivity contribution in [1.29, 1.82) is 0 Å². The molecule has 19 heavy (non-hydrogen) atoms. The molecule has 1 heterocycles. The minimum atomic E-state index is -0.520. The molecule has 1 saturated heterocycles. The number of likely N-dealkylation sites (tertiary alicyclic amines) is 1. The quantitative estimate of drug-likeness (QED) is 0.908. The van der Waals surface area contributed by atoms with Crippen molar-refractivity contribution in [2.45, 2.75) is 51.1 Å². The van der Waals surface area contributed by atoms with E-state index in [1.54, 1.807) is 0 Å². The largest absolute Gasteiger partial charge is 0.338 e. The summed E-state index contributed by atoms with van der Waals surface area (Å²) in [5.74, 6) is 0.0833. The number of hydrogen-bond acceptors (Lipinski definition) is 2. The van der Waals surface area contributed by atoms with Crippen molar-refractivity contribution in [3.05, 3.63) is 35.9 Å². The molecule has 3 nitrogen and oxygen atoms in total. The van der Waals surface area contributed by atoms with Gasteiger partial charge in [0.15, 0.2) is 0 Å². The molecular weight excluding hydrogens is 236 g/mol. The van der Waals surface area contributed by atoms with Crippen LogP contribution in [0.15, 0.2) is 30.3 Å². The molecule has 2 N–H and O–H groups in total. The second kappa shape index (κ2) is 6.71. The van der Waals surface area contributed by atoms with Crippen LogP contribution in [-0.4, -0.2) is 23.4 Å². The smallest absolute Gasteiger partial charge is 0.244 e. The molecule has 1 aliphatic rings. The lowest BCUT2D eigenvalue weighted by Gasteiger charge is -2.31. The standard InChI is InChI=1S/C16H24N2O/c1-2-14-11-7-4-8-12-18(14)16(19)15(17)13-9-5-3-6-10-13/h3,5-6,9-10,14-15H,2,4,7-8,11-12,17H2,1H3/t14?,15-/m0/s1. The van der Waals surface area contributed by atoms with Crippen LogP contribution >= 0.6 is 0 Å². The number of rotatable bonds is 3. The Kier molecular flexibility index (Phi) is 4.97. The van der Waals surface area contributed by atoms with E-state index < -0.39 is 6.04 Å². The van der Waals surface area contributed by atoms with E-state index in [2.05, 4.69) is 6.92 Å². The molecule has 3 heteroatoms. The number of amides is 1. The fourth-order valence-electron chi connectivity index (χ4n) is 2.87. The van der Waals surface area contributed by atoms with Crippen molar-refractivity contribution < 1.29 is 4.79 Å². The summed E-state index contributed by atoms with van der Waals surface area (Å²) in [5, 5.41) is 0. The van der Waals surface area contributed by atoms with Crippen molar-refractivity contribution >= 4 is 5.91 Å². The Morgan fingerprint density at radius 2 is 2.05 bits per heavy atom. The third-order valence-corrected chi connectivity index (χ3v) is 4.06. The Hall–Kier alpha value is -1.35. The highest BCUT2D eigenvalue weighted by Gasteiger charge is 2.28. The molecule has 0 spiro atoms. The van der Waals surface area contributed by atoms with Crippen LogP contribution in [0.1, 0.15) is 50.6 Å². The molecule has 104 valence electrons. The van der Waals surface area contributed by atoms with Crippen LogP contribution in [0.3, 0.4) is 0 Å². The molecule has 1 aromatic carbocycles. The summed E-state index contributed by atoms with van der Waals surface area (Å²) < 4.78 is 0. The topological polar surface area (TPSA) is 46.3 Å². The highest BCUT2D eigenvalue weighted by atomic mass is 16.2. The highest BCUT2D eigenvalue weighted by Crippen LogP contribution is 2.22. The molecule has 0 radical (unpaired) electrons. The molecule has 1 fully saturated rings. The molecule has 2 rings (SSSR count). The minimum absolute atomic E-state index is 0.0833. The monoisotopic (exact) mass is 260 g/mol. The van der Waals surface area contributed by atoms with Crippen molar-refractivity contribution in [3.8, 4) is 0 Å². The fourth-order valence-corrected chi connectivity index (χ4v) is 2.87. The van der Waals surface area contributed by atoms with Gasteiger partial charge in [-0.1, -0.05) is 50.1 Å². The van der Waals surface area contributed by atoms with E-state index in [4.69, 9.17) is 5.73 Å². The Bertz CT molecular complexity index is 404. The molecular formula is C16H24N2O. The second-order valence-electron chi connectivity index (χ2n) is 5.33. The average Bonchev–Trinajstić information content (AvgIpc) is 2.71. The number of benzene rings is 1. The summed E-state index contributed by atoms with van der Waals surface area (Å²) in [6.45, 7) is 3.02. The van der Waals surface area contributed by atoms with Crippen LogP contribution in [0, 0.1) is 0 Å². The second-order valence-corrected chi connectivity index (χ2v) is 5.33. The van der Waals surface area contributed by atoms with E-state index in [1.807, 2.05) is 35.2 Å². The van der Waals surface area contributed by atoms with Gasteiger partial charge in [0.05, 0.1) is 0 Å². The van der Waals surface area contributed by atoms with Crippen molar-refractivity contribution in [1.82, 2.24) is 4.90 Å². The molecule has 1 unspecified atom stereocenters. The zero-order valence-electron chi connectivity index (χ0n) is 11.7. The van der Waals surface area contributed by atoms with Crippen LogP contribution in [-0.2, 0) is 4.79 Å². The molecule has 1 aromatic rings. The molecule has 1 aliphatic heterocycles. The number of hydrogen-bond donors (Lipinski definition) is 1. The molecule has 1 amide bonds. The zero-order chi connectivity index (χ0) is 13.7. The Morgan fingerprint density at radius 1 is 1.32 bits per heavy atom. The number of nitrogens with zero attached hydrogens (tertiary/aromatic N) is 1. The lowest BCUT2D eigenvalue weighted by Crippen LogP contribution is -2.44. The molecule has 0 saturated carbocycles. The predicted octanol–water partition coefficient (Wildman–Crippen LogP) is 2.87. The fraction of sp³-hybridized carbons (Fsp3) is 0.562. The van der Waals surface area contributed by atoms with Crippen LogP contribution in [0.4, 0.5) is 0 Å². The zero-order valence-corrected chi connectivity index (χ0v) is 11.7. The average molecular weight is 260 g/mol. The Morgan fingerprint density at radius 3 is 2.74 bits per heavy atom. The minimum Gasteiger partial charge on any atom is -0.338 e. The summed E-state index contributed by atoms with van der Waals surface area (Å²) in [7, 11) is 0. The van der Waals surface area contributed by atoms with E-state index in [0.717, 1.165) is 31.4 Å². The maximum absolute atomic E-state index is 12.6. The van der Waals surface area contributed by atoms with E-state index >= 15 is 0 Å². The first-order valence-electron chi connectivity index (χ1n) is 7.35. The summed E-state index contributed by atoms with van der Waals surface area (Å²) >= 11 is 0. The predicted molar refractivity (Wildman–Crippen MR) is 77.6 cm³/mol. The van der Waals surface area contributed by atoms with E-state index in [-0.39, 0.29) is 5.91 Å². The van der Waals surface area contributed by atoms with Crippen LogP contribution in [0.5, 0.6) is 0 Å². The van der Waals surface area contributed by atoms with Crippen molar-refractivity contribution in [2.24, 2.45) is 5.73 Å². The van der Waals surface area contributed by atoms with E-state index in [9.17, 15) is 4.79 Å². The summed E-state index contributed by atoms with van der Waals surface area (Å²) in [5.41, 5.74) is 7.05. The van der Waals surface area contributed by atoms with Crippen LogP contribution < -0.4 is 5.73 Å². The van der Waals surface area contributed by atoms with Gasteiger partial charge in [-0.15, -0.1) is 0 Å². The van der Waals surface area contributed by atoms with Gasteiger partial charge in [-0.3, -0.25) is 4.79 Å². The molecule has 0 aromatic heterocycles. The number of carbonyl (C=O) groups excluding carboxylic acids is 1. The van der Waals surface area contributed by atoms with Crippen LogP contribution in [0.2, 0.25) is 0 Å². The molecule has 0 aliphatic carbocycles. The van der Waals surface area contributed by atoms with Crippen molar-refractivity contribution in [2.75, 3.05) is 6.54 Å². The van der Waals surface area contributed by atoms with Gasteiger partial charge in [0.25, 0.3) is 0 Å². The Balaban J connectivity index is 2.12. The first-order chi connectivity index (χ1) is 9.24. The highest BCUT2D eigenvalue weighted by molar-refractivity contribution is 5.83. The third kappa shape index (κ3) is 3.35. The maximum atomic E-state index is 12.6. The third-order valence-electron chi connectivity index (χ3n) is 4.06. The number of carbonyl (C=O) groups is 1. The van der Waals surface area contributed by atoms with Crippen LogP contribution in [0.25, 0.3) is 0 Å². The molecule has 2 atom stereocenters. The SMILES string of the molecule is CCC1CCCCCN1C(=O)[C@@H](N)c1ccccc1. The summed E-state index contributed by atoms with van der Waals surface area (Å²) in [4.78, 5) is 14.6. The van der Waals surface area contributed by atoms with Gasteiger partial charge in [-0.05, 0) is 24.8 Å². The molecule has 0 bridgehead atoms. The van der Waals surface area contributed by atoms with Crippen molar-refractivity contribution in [3.63, 3.8) is 0 Å². The van der Waals surface area contributed by atoms with E-state index in [0.29, 0.717) is 6.04 Å². The first-order valence-corrected chi connectivity index (χ1v) is 7.35. The van der Waals surface area contributed by atoms with Gasteiger partial charge in [-0.25, -0.2) is 0 Å². The summed E-state index contributed by atoms with van der Waals surface area (Å²) in [6.07, 6.45) is 5.68. The first kappa shape index (κ1) is 14.1. The van der Waals surface area contributed by atoms with Gasteiger partial charge >= 0.3 is 0 Å².